The molecule has 5 rings (SSSR count). The van der Waals surface area contributed by atoms with Gasteiger partial charge in [0.2, 0.25) is 5.91 Å². The number of rotatable bonds is 7. The van der Waals surface area contributed by atoms with Gasteiger partial charge in [0.05, 0.1) is 28.2 Å². The standard InChI is InChI=1S/C29H37F3N4O3/c1-17-26(27(20-6-7-20)36(34-17)25-5-3-4-23(15-25)29(30,31)32)28(39)35-10-8-19(9-11-35)12-21-13-24(33-18(2)38)14-22(21)16-37/h3-5,15,19-22,24,37H,6-14,16H2,1-2H3,(H,33,38)/t21?,22-,24-/m0/s1. The second kappa shape index (κ2) is 10.9. The van der Waals surface area contributed by atoms with Crippen molar-refractivity contribution in [2.24, 2.45) is 17.8 Å². The van der Waals surface area contributed by atoms with Crippen molar-refractivity contribution in [3.63, 3.8) is 0 Å². The van der Waals surface area contributed by atoms with Gasteiger partial charge in [-0.15, -0.1) is 0 Å². The minimum atomic E-state index is -4.46. The summed E-state index contributed by atoms with van der Waals surface area (Å²) in [6, 6.07) is 5.23. The second-order valence-electron chi connectivity index (χ2n) is 11.6. The van der Waals surface area contributed by atoms with Gasteiger partial charge in [0.25, 0.3) is 5.91 Å². The SMILES string of the molecule is CC(=O)N[C@H]1CC(CC2CCN(C(=O)c3c(C)nn(-c4cccc(C(F)(F)F)c4)c3C3CC3)CC2)[C@H](CO)C1. The molecule has 2 heterocycles. The molecule has 10 heteroatoms. The number of nitrogens with one attached hydrogen (secondary N) is 1. The number of halogens is 3. The molecule has 39 heavy (non-hydrogen) atoms. The smallest absolute Gasteiger partial charge is 0.396 e. The van der Waals surface area contributed by atoms with Crippen LogP contribution in [0.1, 0.15) is 85.1 Å². The summed E-state index contributed by atoms with van der Waals surface area (Å²) in [5.41, 5.74) is 1.38. The summed E-state index contributed by atoms with van der Waals surface area (Å²) in [5, 5.41) is 17.4. The zero-order valence-corrected chi connectivity index (χ0v) is 22.5. The number of aryl methyl sites for hydroxylation is 1. The van der Waals surface area contributed by atoms with Crippen molar-refractivity contribution < 1.29 is 27.9 Å². The van der Waals surface area contributed by atoms with Gasteiger partial charge in [-0.05, 0) is 87.8 Å². The number of hydrogen-bond donors (Lipinski definition) is 2. The van der Waals surface area contributed by atoms with Crippen molar-refractivity contribution in [3.05, 3.63) is 46.8 Å². The predicted octanol–water partition coefficient (Wildman–Crippen LogP) is 4.84. The minimum absolute atomic E-state index is 0.0404. The largest absolute Gasteiger partial charge is 0.416 e. The Morgan fingerprint density at radius 1 is 1.10 bits per heavy atom. The molecule has 7 nitrogen and oxygen atoms in total. The van der Waals surface area contributed by atoms with Crippen LogP contribution in [0.25, 0.3) is 5.69 Å². The van der Waals surface area contributed by atoms with Crippen LogP contribution in [0.5, 0.6) is 0 Å². The summed E-state index contributed by atoms with van der Waals surface area (Å²) >= 11 is 0. The lowest BCUT2D eigenvalue weighted by atomic mass is 9.82. The Balaban J connectivity index is 1.28. The molecule has 1 aromatic heterocycles. The van der Waals surface area contributed by atoms with Crippen LogP contribution in [0.2, 0.25) is 0 Å². The summed E-state index contributed by atoms with van der Waals surface area (Å²) in [5.74, 6) is 0.973. The van der Waals surface area contributed by atoms with Crippen molar-refractivity contribution in [2.75, 3.05) is 19.7 Å². The molecule has 3 aliphatic rings. The van der Waals surface area contributed by atoms with E-state index >= 15 is 0 Å². The molecule has 2 aromatic rings. The monoisotopic (exact) mass is 546 g/mol. The first kappa shape index (κ1) is 27.7. The van der Waals surface area contributed by atoms with Crippen molar-refractivity contribution in [2.45, 2.75) is 76.9 Å². The predicted molar refractivity (Wildman–Crippen MR) is 139 cm³/mol. The van der Waals surface area contributed by atoms with Crippen LogP contribution in [0, 0.1) is 24.7 Å². The summed E-state index contributed by atoms with van der Waals surface area (Å²) in [4.78, 5) is 27.1. The molecule has 0 spiro atoms. The maximum atomic E-state index is 13.8. The Hall–Kier alpha value is -2.88. The highest BCUT2D eigenvalue weighted by molar-refractivity contribution is 5.97. The molecule has 0 bridgehead atoms. The van der Waals surface area contributed by atoms with Crippen LogP contribution in [0.15, 0.2) is 24.3 Å². The van der Waals surface area contributed by atoms with Gasteiger partial charge in [0, 0.05) is 38.6 Å². The van der Waals surface area contributed by atoms with Crippen LogP contribution in [0.3, 0.4) is 0 Å². The first-order valence-electron chi connectivity index (χ1n) is 14.0. The number of nitrogens with zero attached hydrogens (tertiary/aromatic N) is 3. The molecule has 1 aliphatic heterocycles. The molecule has 3 atom stereocenters. The Labute approximate surface area is 226 Å². The fraction of sp³-hybridized carbons (Fsp3) is 0.621. The number of carbonyl (C=O) groups is 2. The fourth-order valence-corrected chi connectivity index (χ4v) is 6.64. The Kier molecular flexibility index (Phi) is 7.77. The molecule has 212 valence electrons. The lowest BCUT2D eigenvalue weighted by Gasteiger charge is -2.34. The normalized spacial score (nSPS) is 24.3. The fourth-order valence-electron chi connectivity index (χ4n) is 6.64. The van der Waals surface area contributed by atoms with Crippen molar-refractivity contribution in [1.29, 1.82) is 0 Å². The van der Waals surface area contributed by atoms with E-state index in [1.807, 2.05) is 4.90 Å². The average molecular weight is 547 g/mol. The number of alkyl halides is 3. The van der Waals surface area contributed by atoms with Crippen LogP contribution in [-0.2, 0) is 11.0 Å². The zero-order valence-electron chi connectivity index (χ0n) is 22.5. The van der Waals surface area contributed by atoms with Gasteiger partial charge >= 0.3 is 6.18 Å². The third-order valence-electron chi connectivity index (χ3n) is 8.71. The Morgan fingerprint density at radius 3 is 2.41 bits per heavy atom. The van der Waals surface area contributed by atoms with E-state index in [9.17, 15) is 27.9 Å². The topological polar surface area (TPSA) is 87.5 Å². The molecule has 1 aromatic carbocycles. The van der Waals surface area contributed by atoms with Crippen LogP contribution in [0.4, 0.5) is 13.2 Å². The quantitative estimate of drug-likeness (QED) is 0.520. The van der Waals surface area contributed by atoms with E-state index in [0.29, 0.717) is 41.9 Å². The van der Waals surface area contributed by atoms with Gasteiger partial charge in [-0.1, -0.05) is 6.07 Å². The van der Waals surface area contributed by atoms with Crippen LogP contribution in [-0.4, -0.2) is 57.3 Å². The van der Waals surface area contributed by atoms with Gasteiger partial charge in [0.15, 0.2) is 0 Å². The van der Waals surface area contributed by atoms with Crippen molar-refractivity contribution >= 4 is 11.8 Å². The third kappa shape index (κ3) is 6.00. The number of amides is 2. The van der Waals surface area contributed by atoms with E-state index in [0.717, 1.165) is 62.8 Å². The molecular formula is C29H37F3N4O3. The van der Waals surface area contributed by atoms with E-state index in [1.54, 1.807) is 17.7 Å². The number of aromatic nitrogens is 2. The second-order valence-corrected chi connectivity index (χ2v) is 11.6. The third-order valence-corrected chi connectivity index (χ3v) is 8.71. The minimum Gasteiger partial charge on any atom is -0.396 e. The number of hydrogen-bond acceptors (Lipinski definition) is 4. The van der Waals surface area contributed by atoms with E-state index in [4.69, 9.17) is 0 Å². The van der Waals surface area contributed by atoms with E-state index < -0.39 is 11.7 Å². The van der Waals surface area contributed by atoms with Gasteiger partial charge in [0.1, 0.15) is 0 Å². The first-order chi connectivity index (χ1) is 18.5. The van der Waals surface area contributed by atoms with Crippen LogP contribution < -0.4 is 5.32 Å². The first-order valence-corrected chi connectivity index (χ1v) is 14.0. The molecular weight excluding hydrogens is 509 g/mol. The van der Waals surface area contributed by atoms with Gasteiger partial charge in [-0.3, -0.25) is 9.59 Å². The molecule has 3 fully saturated rings. The van der Waals surface area contributed by atoms with E-state index in [1.165, 1.54) is 13.0 Å². The highest BCUT2D eigenvalue weighted by atomic mass is 19.4. The maximum absolute atomic E-state index is 13.8. The summed E-state index contributed by atoms with van der Waals surface area (Å²) in [7, 11) is 0. The number of benzene rings is 1. The Morgan fingerprint density at radius 2 is 1.79 bits per heavy atom. The number of aliphatic hydroxyl groups is 1. The molecule has 2 saturated carbocycles. The van der Waals surface area contributed by atoms with Gasteiger partial charge in [-0.2, -0.15) is 18.3 Å². The maximum Gasteiger partial charge on any atom is 0.416 e. The molecule has 2 N–H and O–H groups in total. The zero-order chi connectivity index (χ0) is 27.9. The summed E-state index contributed by atoms with van der Waals surface area (Å²) in [6.07, 6.45) is 1.71. The number of likely N-dealkylation sites (tertiary alicyclic amines) is 1. The highest BCUT2D eigenvalue weighted by Crippen LogP contribution is 2.44. The van der Waals surface area contributed by atoms with Crippen molar-refractivity contribution in [3.8, 4) is 5.69 Å². The molecule has 1 saturated heterocycles. The molecule has 2 aliphatic carbocycles. The number of piperidine rings is 1. The van der Waals surface area contributed by atoms with Gasteiger partial charge < -0.3 is 15.3 Å². The summed E-state index contributed by atoms with van der Waals surface area (Å²) in [6.45, 7) is 4.64. The van der Waals surface area contributed by atoms with E-state index in [2.05, 4.69) is 10.4 Å². The number of carbonyl (C=O) groups excluding carboxylic acids is 2. The Bertz CT molecular complexity index is 1210. The number of aliphatic hydroxyl groups excluding tert-OH is 1. The average Bonchev–Trinajstić information content (AvgIpc) is 3.58. The molecule has 1 unspecified atom stereocenters. The lowest BCUT2D eigenvalue weighted by molar-refractivity contribution is -0.137. The van der Waals surface area contributed by atoms with E-state index in [-0.39, 0.29) is 36.3 Å². The lowest BCUT2D eigenvalue weighted by Crippen LogP contribution is -2.39. The van der Waals surface area contributed by atoms with Crippen LogP contribution >= 0.6 is 0 Å². The molecule has 2 amide bonds. The van der Waals surface area contributed by atoms with Gasteiger partial charge in [-0.25, -0.2) is 4.68 Å². The highest BCUT2D eigenvalue weighted by Gasteiger charge is 2.39. The van der Waals surface area contributed by atoms with Crippen molar-refractivity contribution in [1.82, 2.24) is 20.0 Å². The summed E-state index contributed by atoms with van der Waals surface area (Å²) < 4.78 is 41.6. The molecule has 0 radical (unpaired) electrons.